The van der Waals surface area contributed by atoms with E-state index >= 15 is 0 Å². The van der Waals surface area contributed by atoms with Crippen LogP contribution >= 0.6 is 12.4 Å². The Balaban J connectivity index is 0.00000220. The predicted molar refractivity (Wildman–Crippen MR) is 76.2 cm³/mol. The molecule has 1 aromatic carbocycles. The Hall–Kier alpha value is -1.27. The normalized spacial score (nSPS) is 18.7. The van der Waals surface area contributed by atoms with E-state index in [0.717, 1.165) is 37.9 Å². The average molecular weight is 323 g/mol. The second kappa shape index (κ2) is 7.66. The van der Waals surface area contributed by atoms with Crippen LogP contribution in [0.2, 0.25) is 0 Å². The van der Waals surface area contributed by atoms with E-state index in [-0.39, 0.29) is 30.9 Å². The number of carbonyl (C=O) groups excluding carboxylic acids is 1. The van der Waals surface area contributed by atoms with E-state index in [1.807, 2.05) is 0 Å². The van der Waals surface area contributed by atoms with Crippen LogP contribution in [0.15, 0.2) is 24.3 Å². The lowest BCUT2D eigenvalue weighted by Crippen LogP contribution is -2.46. The van der Waals surface area contributed by atoms with E-state index in [9.17, 15) is 18.0 Å². The van der Waals surface area contributed by atoms with Gasteiger partial charge >= 0.3 is 6.18 Å². The number of alkyl halides is 3. The molecule has 0 bridgehead atoms. The van der Waals surface area contributed by atoms with Crippen LogP contribution in [-0.4, -0.2) is 18.5 Å². The maximum absolute atomic E-state index is 12.4. The van der Waals surface area contributed by atoms with Crippen LogP contribution < -0.4 is 10.6 Å². The summed E-state index contributed by atoms with van der Waals surface area (Å²) in [4.78, 5) is 11.8. The zero-order chi connectivity index (χ0) is 14.6. The molecular formula is C14H18ClF3N2O. The van der Waals surface area contributed by atoms with Gasteiger partial charge < -0.3 is 10.6 Å². The van der Waals surface area contributed by atoms with Crippen LogP contribution in [-0.2, 0) is 17.5 Å². The average Bonchev–Trinajstić information content (AvgIpc) is 2.45. The van der Waals surface area contributed by atoms with Gasteiger partial charge in [-0.15, -0.1) is 12.4 Å². The smallest absolute Gasteiger partial charge is 0.351 e. The van der Waals surface area contributed by atoms with Crippen molar-refractivity contribution in [3.63, 3.8) is 0 Å². The summed E-state index contributed by atoms with van der Waals surface area (Å²) >= 11 is 0. The van der Waals surface area contributed by atoms with Crippen molar-refractivity contribution >= 4 is 18.3 Å². The SMILES string of the molecule is Cl.O=C(NCc1ccc(C(F)(F)F)cc1)[C@@H]1CCCCN1. The van der Waals surface area contributed by atoms with E-state index in [1.54, 1.807) is 0 Å². The van der Waals surface area contributed by atoms with Crippen molar-refractivity contribution in [1.29, 1.82) is 0 Å². The molecule has 0 aliphatic carbocycles. The van der Waals surface area contributed by atoms with Crippen LogP contribution in [0, 0.1) is 0 Å². The fraction of sp³-hybridized carbons (Fsp3) is 0.500. The van der Waals surface area contributed by atoms with Gasteiger partial charge in [-0.25, -0.2) is 0 Å². The molecule has 0 unspecified atom stereocenters. The van der Waals surface area contributed by atoms with Crippen molar-refractivity contribution in [3.8, 4) is 0 Å². The Morgan fingerprint density at radius 1 is 1.24 bits per heavy atom. The van der Waals surface area contributed by atoms with Gasteiger partial charge in [-0.3, -0.25) is 4.79 Å². The molecule has 2 rings (SSSR count). The number of benzene rings is 1. The molecule has 0 saturated carbocycles. The fourth-order valence-corrected chi connectivity index (χ4v) is 2.20. The third-order valence-electron chi connectivity index (χ3n) is 3.37. The van der Waals surface area contributed by atoms with Gasteiger partial charge in [0.1, 0.15) is 0 Å². The number of hydrogen-bond acceptors (Lipinski definition) is 2. The van der Waals surface area contributed by atoms with Crippen LogP contribution in [0.3, 0.4) is 0 Å². The summed E-state index contributed by atoms with van der Waals surface area (Å²) in [6.07, 6.45) is -1.43. The van der Waals surface area contributed by atoms with Gasteiger partial charge in [0.25, 0.3) is 0 Å². The summed E-state index contributed by atoms with van der Waals surface area (Å²) in [5, 5.41) is 5.87. The first-order chi connectivity index (χ1) is 9.47. The Bertz CT molecular complexity index is 456. The number of amides is 1. The molecule has 1 aromatic rings. The first-order valence-corrected chi connectivity index (χ1v) is 6.64. The first-order valence-electron chi connectivity index (χ1n) is 6.64. The molecule has 1 saturated heterocycles. The first kappa shape index (κ1) is 17.8. The van der Waals surface area contributed by atoms with E-state index < -0.39 is 11.7 Å². The zero-order valence-electron chi connectivity index (χ0n) is 11.4. The maximum Gasteiger partial charge on any atom is 0.416 e. The molecule has 1 aliphatic heterocycles. The molecule has 1 fully saturated rings. The van der Waals surface area contributed by atoms with Gasteiger partial charge in [-0.05, 0) is 37.1 Å². The second-order valence-corrected chi connectivity index (χ2v) is 4.91. The summed E-state index contributed by atoms with van der Waals surface area (Å²) in [5.74, 6) is -0.0930. The lowest BCUT2D eigenvalue weighted by atomic mass is 10.0. The zero-order valence-corrected chi connectivity index (χ0v) is 12.2. The standard InChI is InChI=1S/C14H17F3N2O.ClH/c15-14(16,17)11-6-4-10(5-7-11)9-19-13(20)12-3-1-2-8-18-12;/h4-7,12,18H,1-3,8-9H2,(H,19,20);1H/t12-;/m0./s1. The maximum atomic E-state index is 12.4. The van der Waals surface area contributed by atoms with Crippen molar-refractivity contribution in [2.45, 2.75) is 38.0 Å². The van der Waals surface area contributed by atoms with Crippen molar-refractivity contribution < 1.29 is 18.0 Å². The molecule has 118 valence electrons. The monoisotopic (exact) mass is 322 g/mol. The topological polar surface area (TPSA) is 41.1 Å². The van der Waals surface area contributed by atoms with E-state index in [1.165, 1.54) is 12.1 Å². The van der Waals surface area contributed by atoms with Gasteiger partial charge in [0.05, 0.1) is 11.6 Å². The summed E-state index contributed by atoms with van der Waals surface area (Å²) < 4.78 is 37.2. The highest BCUT2D eigenvalue weighted by molar-refractivity contribution is 5.85. The van der Waals surface area contributed by atoms with Crippen LogP contribution in [0.25, 0.3) is 0 Å². The van der Waals surface area contributed by atoms with Gasteiger partial charge in [-0.1, -0.05) is 18.6 Å². The number of halogens is 4. The van der Waals surface area contributed by atoms with Gasteiger partial charge in [0.2, 0.25) is 5.91 Å². The Morgan fingerprint density at radius 3 is 2.43 bits per heavy atom. The van der Waals surface area contributed by atoms with Crippen LogP contribution in [0.5, 0.6) is 0 Å². The highest BCUT2D eigenvalue weighted by Gasteiger charge is 2.29. The molecule has 21 heavy (non-hydrogen) atoms. The molecule has 3 nitrogen and oxygen atoms in total. The third kappa shape index (κ3) is 5.21. The molecular weight excluding hydrogens is 305 g/mol. The minimum absolute atomic E-state index is 0. The Labute approximate surface area is 127 Å². The quantitative estimate of drug-likeness (QED) is 0.898. The summed E-state index contributed by atoms with van der Waals surface area (Å²) in [7, 11) is 0. The lowest BCUT2D eigenvalue weighted by molar-refractivity contribution is -0.137. The van der Waals surface area contributed by atoms with Gasteiger partial charge in [-0.2, -0.15) is 13.2 Å². The molecule has 0 aromatic heterocycles. The summed E-state index contributed by atoms with van der Waals surface area (Å²) in [6, 6.07) is 4.65. The molecule has 1 heterocycles. The van der Waals surface area contributed by atoms with Gasteiger partial charge in [0, 0.05) is 6.54 Å². The number of rotatable bonds is 3. The highest BCUT2D eigenvalue weighted by Crippen LogP contribution is 2.29. The lowest BCUT2D eigenvalue weighted by Gasteiger charge is -2.22. The predicted octanol–water partition coefficient (Wildman–Crippen LogP) is 2.89. The van der Waals surface area contributed by atoms with Crippen molar-refractivity contribution in [2.75, 3.05) is 6.54 Å². The largest absolute Gasteiger partial charge is 0.416 e. The third-order valence-corrected chi connectivity index (χ3v) is 3.37. The van der Waals surface area contributed by atoms with E-state index in [4.69, 9.17) is 0 Å². The highest BCUT2D eigenvalue weighted by atomic mass is 35.5. The summed E-state index contributed by atoms with van der Waals surface area (Å²) in [5.41, 5.74) is -0.0244. The molecule has 1 aliphatic rings. The van der Waals surface area contributed by atoms with Crippen LogP contribution in [0.1, 0.15) is 30.4 Å². The molecule has 7 heteroatoms. The van der Waals surface area contributed by atoms with Crippen LogP contribution in [0.4, 0.5) is 13.2 Å². The van der Waals surface area contributed by atoms with E-state index in [0.29, 0.717) is 5.56 Å². The van der Waals surface area contributed by atoms with Gasteiger partial charge in [0.15, 0.2) is 0 Å². The molecule has 0 spiro atoms. The number of piperidine rings is 1. The van der Waals surface area contributed by atoms with E-state index in [2.05, 4.69) is 10.6 Å². The van der Waals surface area contributed by atoms with Crippen molar-refractivity contribution in [2.24, 2.45) is 0 Å². The number of carbonyl (C=O) groups is 1. The minimum Gasteiger partial charge on any atom is -0.351 e. The van der Waals surface area contributed by atoms with Crippen molar-refractivity contribution in [3.05, 3.63) is 35.4 Å². The Morgan fingerprint density at radius 2 is 1.90 bits per heavy atom. The Kier molecular flexibility index (Phi) is 6.48. The molecule has 0 radical (unpaired) electrons. The summed E-state index contributed by atoms with van der Waals surface area (Å²) in [6.45, 7) is 1.08. The molecule has 1 amide bonds. The number of nitrogens with one attached hydrogen (secondary N) is 2. The fourth-order valence-electron chi connectivity index (χ4n) is 2.20. The second-order valence-electron chi connectivity index (χ2n) is 4.91. The molecule has 1 atom stereocenters. The molecule has 2 N–H and O–H groups in total. The van der Waals surface area contributed by atoms with Crippen molar-refractivity contribution in [1.82, 2.24) is 10.6 Å². The number of hydrogen-bond donors (Lipinski definition) is 2. The minimum atomic E-state index is -4.33.